The second kappa shape index (κ2) is 10.6. The van der Waals surface area contributed by atoms with Crippen LogP contribution in [0.25, 0.3) is 0 Å². The van der Waals surface area contributed by atoms with Gasteiger partial charge in [0.2, 0.25) is 10.0 Å². The van der Waals surface area contributed by atoms with Gasteiger partial charge in [-0.15, -0.1) is 0 Å². The van der Waals surface area contributed by atoms with Crippen molar-refractivity contribution in [2.75, 3.05) is 6.61 Å². The van der Waals surface area contributed by atoms with Crippen LogP contribution in [0.5, 0.6) is 5.75 Å². The molecule has 2 aromatic carbocycles. The fourth-order valence-electron chi connectivity index (χ4n) is 2.84. The average molecular weight is 439 g/mol. The number of carbonyl (C=O) groups excluding carboxylic acids is 1. The molecular formula is C21H27ClN2O4S. The lowest BCUT2D eigenvalue weighted by molar-refractivity contribution is -0.123. The van der Waals surface area contributed by atoms with Crippen molar-refractivity contribution in [2.45, 2.75) is 50.6 Å². The largest absolute Gasteiger partial charge is 0.482 e. The smallest absolute Gasteiger partial charge is 0.258 e. The van der Waals surface area contributed by atoms with Crippen molar-refractivity contribution in [1.29, 1.82) is 0 Å². The van der Waals surface area contributed by atoms with Gasteiger partial charge in [-0.1, -0.05) is 55.3 Å². The highest BCUT2D eigenvalue weighted by molar-refractivity contribution is 7.89. The van der Waals surface area contributed by atoms with E-state index in [1.807, 2.05) is 44.2 Å². The summed E-state index contributed by atoms with van der Waals surface area (Å²) in [6, 6.07) is 13.1. The highest BCUT2D eigenvalue weighted by Crippen LogP contribution is 2.28. The Morgan fingerprint density at radius 3 is 2.45 bits per heavy atom. The van der Waals surface area contributed by atoms with E-state index in [-0.39, 0.29) is 34.2 Å². The maximum atomic E-state index is 12.7. The van der Waals surface area contributed by atoms with Gasteiger partial charge in [0.1, 0.15) is 5.75 Å². The molecule has 0 unspecified atom stereocenters. The van der Waals surface area contributed by atoms with Crippen LogP contribution in [0.15, 0.2) is 53.4 Å². The van der Waals surface area contributed by atoms with E-state index in [0.717, 1.165) is 18.4 Å². The zero-order valence-electron chi connectivity index (χ0n) is 16.8. The highest BCUT2D eigenvalue weighted by Gasteiger charge is 2.20. The zero-order valence-corrected chi connectivity index (χ0v) is 18.4. The summed E-state index contributed by atoms with van der Waals surface area (Å²) in [5.41, 5.74) is 0.852. The summed E-state index contributed by atoms with van der Waals surface area (Å²) in [4.78, 5) is 11.9. The SMILES string of the molecule is CCC[C@@H](C)NC(=O)COc1ccc(S(=O)(=O)N[C@H](C)c2ccccc2)cc1Cl. The molecule has 0 fully saturated rings. The summed E-state index contributed by atoms with van der Waals surface area (Å²) in [5.74, 6) is -0.00270. The molecule has 0 aliphatic carbocycles. The van der Waals surface area contributed by atoms with Crippen LogP contribution in [-0.4, -0.2) is 27.0 Å². The van der Waals surface area contributed by atoms with Crippen molar-refractivity contribution in [3.8, 4) is 5.75 Å². The number of ether oxygens (including phenoxy) is 1. The number of sulfonamides is 1. The first-order valence-corrected chi connectivity index (χ1v) is 11.4. The van der Waals surface area contributed by atoms with Crippen molar-refractivity contribution in [1.82, 2.24) is 10.0 Å². The average Bonchev–Trinajstić information content (AvgIpc) is 2.67. The molecule has 0 heterocycles. The van der Waals surface area contributed by atoms with Crippen LogP contribution in [0.3, 0.4) is 0 Å². The van der Waals surface area contributed by atoms with Crippen LogP contribution in [0.2, 0.25) is 5.02 Å². The predicted octanol–water partition coefficient (Wildman–Crippen LogP) is 4.06. The molecule has 0 aliphatic rings. The third kappa shape index (κ3) is 7.03. The van der Waals surface area contributed by atoms with Crippen LogP contribution >= 0.6 is 11.6 Å². The van der Waals surface area contributed by atoms with Crippen molar-refractivity contribution in [2.24, 2.45) is 0 Å². The molecule has 2 rings (SSSR count). The highest BCUT2D eigenvalue weighted by atomic mass is 35.5. The number of hydrogen-bond acceptors (Lipinski definition) is 4. The molecule has 158 valence electrons. The van der Waals surface area contributed by atoms with E-state index in [9.17, 15) is 13.2 Å². The van der Waals surface area contributed by atoms with Crippen LogP contribution < -0.4 is 14.8 Å². The molecular weight excluding hydrogens is 412 g/mol. The maximum Gasteiger partial charge on any atom is 0.258 e. The topological polar surface area (TPSA) is 84.5 Å². The summed E-state index contributed by atoms with van der Waals surface area (Å²) in [7, 11) is -3.77. The van der Waals surface area contributed by atoms with Gasteiger partial charge in [0.25, 0.3) is 5.91 Å². The monoisotopic (exact) mass is 438 g/mol. The minimum absolute atomic E-state index is 0.0265. The second-order valence-corrected chi connectivity index (χ2v) is 9.01. The van der Waals surface area contributed by atoms with E-state index in [0.29, 0.717) is 0 Å². The molecule has 0 saturated carbocycles. The third-order valence-corrected chi connectivity index (χ3v) is 6.17. The van der Waals surface area contributed by atoms with E-state index >= 15 is 0 Å². The lowest BCUT2D eigenvalue weighted by atomic mass is 10.1. The summed E-state index contributed by atoms with van der Waals surface area (Å²) in [5, 5.41) is 2.95. The first-order valence-electron chi connectivity index (χ1n) is 9.52. The van der Waals surface area contributed by atoms with E-state index in [2.05, 4.69) is 10.0 Å². The third-order valence-electron chi connectivity index (χ3n) is 4.33. The van der Waals surface area contributed by atoms with Gasteiger partial charge in [0.05, 0.1) is 9.92 Å². The molecule has 8 heteroatoms. The zero-order chi connectivity index (χ0) is 21.4. The number of carbonyl (C=O) groups is 1. The summed E-state index contributed by atoms with van der Waals surface area (Å²) in [6.07, 6.45) is 1.86. The molecule has 0 aliphatic heterocycles. The van der Waals surface area contributed by atoms with Gasteiger partial charge in [-0.05, 0) is 44.0 Å². The maximum absolute atomic E-state index is 12.7. The van der Waals surface area contributed by atoms with E-state index in [4.69, 9.17) is 16.3 Å². The number of nitrogens with one attached hydrogen (secondary N) is 2. The van der Waals surface area contributed by atoms with Gasteiger partial charge in [-0.3, -0.25) is 4.79 Å². The molecule has 0 saturated heterocycles. The van der Waals surface area contributed by atoms with Gasteiger partial charge in [-0.2, -0.15) is 0 Å². The fraction of sp³-hybridized carbons (Fsp3) is 0.381. The molecule has 2 atom stereocenters. The molecule has 2 N–H and O–H groups in total. The quantitative estimate of drug-likeness (QED) is 0.585. The lowest BCUT2D eigenvalue weighted by Crippen LogP contribution is -2.36. The van der Waals surface area contributed by atoms with Gasteiger partial charge in [-0.25, -0.2) is 13.1 Å². The Balaban J connectivity index is 2.01. The van der Waals surface area contributed by atoms with E-state index in [1.165, 1.54) is 18.2 Å². The molecule has 6 nitrogen and oxygen atoms in total. The van der Waals surface area contributed by atoms with Crippen molar-refractivity contribution in [3.63, 3.8) is 0 Å². The van der Waals surface area contributed by atoms with E-state index in [1.54, 1.807) is 6.92 Å². The Labute approximate surface area is 177 Å². The Morgan fingerprint density at radius 1 is 1.14 bits per heavy atom. The number of amides is 1. The van der Waals surface area contributed by atoms with Gasteiger partial charge in [0, 0.05) is 12.1 Å². The molecule has 1 amide bonds. The molecule has 0 bridgehead atoms. The lowest BCUT2D eigenvalue weighted by Gasteiger charge is -2.16. The minimum atomic E-state index is -3.77. The van der Waals surface area contributed by atoms with Crippen LogP contribution in [0, 0.1) is 0 Å². The second-order valence-electron chi connectivity index (χ2n) is 6.89. The molecule has 0 spiro atoms. The molecule has 29 heavy (non-hydrogen) atoms. The first-order chi connectivity index (χ1) is 13.7. The van der Waals surface area contributed by atoms with Gasteiger partial charge >= 0.3 is 0 Å². The Bertz CT molecular complexity index is 920. The standard InChI is InChI=1S/C21H27ClN2O4S/c1-4-8-15(2)23-21(25)14-28-20-12-11-18(13-19(20)22)29(26,27)24-16(3)17-9-6-5-7-10-17/h5-7,9-13,15-16,24H,4,8,14H2,1-3H3,(H,23,25)/t15-,16-/m1/s1. The predicted molar refractivity (Wildman–Crippen MR) is 115 cm³/mol. The van der Waals surface area contributed by atoms with Crippen molar-refractivity contribution < 1.29 is 17.9 Å². The van der Waals surface area contributed by atoms with Crippen LogP contribution in [-0.2, 0) is 14.8 Å². The number of benzene rings is 2. The Kier molecular flexibility index (Phi) is 8.49. The van der Waals surface area contributed by atoms with Gasteiger partial charge < -0.3 is 10.1 Å². The van der Waals surface area contributed by atoms with Crippen LogP contribution in [0.1, 0.15) is 45.2 Å². The fourth-order valence-corrected chi connectivity index (χ4v) is 4.40. The Morgan fingerprint density at radius 2 is 1.83 bits per heavy atom. The summed E-state index contributed by atoms with van der Waals surface area (Å²) in [6.45, 7) is 5.55. The molecule has 0 radical (unpaired) electrons. The number of hydrogen-bond donors (Lipinski definition) is 2. The summed E-state index contributed by atoms with van der Waals surface area (Å²) >= 11 is 6.18. The van der Waals surface area contributed by atoms with Crippen molar-refractivity contribution >= 4 is 27.5 Å². The Hall–Kier alpha value is -2.09. The molecule has 0 aromatic heterocycles. The number of rotatable bonds is 10. The molecule has 2 aromatic rings. The van der Waals surface area contributed by atoms with E-state index < -0.39 is 16.1 Å². The summed E-state index contributed by atoms with van der Waals surface area (Å²) < 4.78 is 33.4. The minimum Gasteiger partial charge on any atom is -0.482 e. The van der Waals surface area contributed by atoms with Gasteiger partial charge in [0.15, 0.2) is 6.61 Å². The van der Waals surface area contributed by atoms with Crippen LogP contribution in [0.4, 0.5) is 0 Å². The van der Waals surface area contributed by atoms with Crippen molar-refractivity contribution in [3.05, 3.63) is 59.1 Å². The first kappa shape index (κ1) is 23.2. The normalized spacial score (nSPS) is 13.5. The number of halogens is 1.